The second-order valence-electron chi connectivity index (χ2n) is 5.84. The molecule has 0 saturated carbocycles. The van der Waals surface area contributed by atoms with Crippen LogP contribution in [0.2, 0.25) is 0 Å². The monoisotopic (exact) mass is 345 g/mol. The summed E-state index contributed by atoms with van der Waals surface area (Å²) in [7, 11) is 0. The zero-order valence-electron chi connectivity index (χ0n) is 12.0. The van der Waals surface area contributed by atoms with Crippen molar-refractivity contribution in [2.75, 3.05) is 13.1 Å². The maximum atomic E-state index is 11.0. The van der Waals surface area contributed by atoms with Gasteiger partial charge in [0.05, 0.1) is 0 Å². The van der Waals surface area contributed by atoms with Gasteiger partial charge in [0.15, 0.2) is 0 Å². The van der Waals surface area contributed by atoms with E-state index in [9.17, 15) is 5.11 Å². The largest absolute Gasteiger partial charge is 0.384 e. The van der Waals surface area contributed by atoms with Crippen LogP contribution in [0.5, 0.6) is 0 Å². The van der Waals surface area contributed by atoms with Gasteiger partial charge in [-0.25, -0.2) is 0 Å². The highest BCUT2D eigenvalue weighted by molar-refractivity contribution is 9.10. The van der Waals surface area contributed by atoms with Crippen molar-refractivity contribution >= 4 is 15.9 Å². The van der Waals surface area contributed by atoms with E-state index in [1.165, 1.54) is 5.56 Å². The summed E-state index contributed by atoms with van der Waals surface area (Å²) >= 11 is 3.45. The first-order valence-electron chi connectivity index (χ1n) is 7.40. The van der Waals surface area contributed by atoms with Crippen LogP contribution in [0.1, 0.15) is 24.0 Å². The van der Waals surface area contributed by atoms with Crippen LogP contribution >= 0.6 is 15.9 Å². The molecule has 1 saturated heterocycles. The van der Waals surface area contributed by atoms with E-state index < -0.39 is 5.60 Å². The van der Waals surface area contributed by atoms with Crippen molar-refractivity contribution in [3.63, 3.8) is 0 Å². The third-order valence-electron chi connectivity index (χ3n) is 4.18. The van der Waals surface area contributed by atoms with E-state index in [1.807, 2.05) is 30.3 Å². The summed E-state index contributed by atoms with van der Waals surface area (Å²) in [5.74, 6) is 0. The van der Waals surface area contributed by atoms with Gasteiger partial charge in [0, 0.05) is 17.6 Å². The number of hydrogen-bond donors (Lipinski definition) is 1. The smallest absolute Gasteiger partial charge is 0.102 e. The van der Waals surface area contributed by atoms with Crippen LogP contribution in [-0.2, 0) is 12.1 Å². The first kappa shape index (κ1) is 14.8. The first-order chi connectivity index (χ1) is 10.2. The molecule has 0 amide bonds. The number of rotatable bonds is 3. The average Bonchev–Trinajstić information content (AvgIpc) is 2.49. The number of piperidine rings is 1. The van der Waals surface area contributed by atoms with E-state index in [0.717, 1.165) is 36.0 Å². The van der Waals surface area contributed by atoms with Gasteiger partial charge in [-0.1, -0.05) is 58.4 Å². The lowest BCUT2D eigenvalue weighted by Crippen LogP contribution is -2.45. The van der Waals surface area contributed by atoms with E-state index in [4.69, 9.17) is 0 Å². The molecule has 2 aromatic carbocycles. The molecule has 3 heteroatoms. The number of halogens is 1. The molecular formula is C18H20BrNO. The molecule has 0 aromatic heterocycles. The van der Waals surface area contributed by atoms with E-state index in [0.29, 0.717) is 6.54 Å². The lowest BCUT2D eigenvalue weighted by molar-refractivity contribution is -0.0381. The first-order valence-corrected chi connectivity index (χ1v) is 8.20. The Morgan fingerprint density at radius 3 is 2.48 bits per heavy atom. The zero-order chi connectivity index (χ0) is 14.7. The summed E-state index contributed by atoms with van der Waals surface area (Å²) in [6.07, 6.45) is 1.86. The molecule has 1 fully saturated rings. The summed E-state index contributed by atoms with van der Waals surface area (Å²) in [5.41, 5.74) is 1.59. The molecule has 0 radical (unpaired) electrons. The van der Waals surface area contributed by atoms with Gasteiger partial charge < -0.3 is 5.11 Å². The Morgan fingerprint density at radius 2 is 1.76 bits per heavy atom. The quantitative estimate of drug-likeness (QED) is 0.910. The molecule has 1 aliphatic heterocycles. The highest BCUT2D eigenvalue weighted by Crippen LogP contribution is 2.32. The van der Waals surface area contributed by atoms with Crippen molar-refractivity contribution in [2.24, 2.45) is 0 Å². The van der Waals surface area contributed by atoms with Crippen molar-refractivity contribution in [3.8, 4) is 0 Å². The van der Waals surface area contributed by atoms with Crippen LogP contribution in [-0.4, -0.2) is 23.1 Å². The number of aliphatic hydroxyl groups is 1. The van der Waals surface area contributed by atoms with Crippen molar-refractivity contribution < 1.29 is 5.11 Å². The van der Waals surface area contributed by atoms with Gasteiger partial charge in [0.1, 0.15) is 5.60 Å². The van der Waals surface area contributed by atoms with Crippen LogP contribution in [0.25, 0.3) is 0 Å². The normalized spacial score (nSPS) is 23.1. The summed E-state index contributed by atoms with van der Waals surface area (Å²) < 4.78 is 1.05. The van der Waals surface area contributed by atoms with Crippen molar-refractivity contribution in [3.05, 3.63) is 70.2 Å². The Labute approximate surface area is 134 Å². The fraction of sp³-hybridized carbons (Fsp3) is 0.333. The Morgan fingerprint density at radius 1 is 1.05 bits per heavy atom. The third kappa shape index (κ3) is 3.54. The Kier molecular flexibility index (Phi) is 4.43. The number of hydrogen-bond acceptors (Lipinski definition) is 2. The molecule has 2 nitrogen and oxygen atoms in total. The Hall–Kier alpha value is -1.16. The molecule has 0 aliphatic carbocycles. The Balaban J connectivity index is 1.74. The number of benzene rings is 2. The molecular weight excluding hydrogens is 326 g/mol. The fourth-order valence-corrected chi connectivity index (χ4v) is 3.36. The average molecular weight is 346 g/mol. The molecule has 0 bridgehead atoms. The molecule has 110 valence electrons. The van der Waals surface area contributed by atoms with Gasteiger partial charge >= 0.3 is 0 Å². The van der Waals surface area contributed by atoms with Crippen LogP contribution in [0.3, 0.4) is 0 Å². The molecule has 2 aromatic rings. The van der Waals surface area contributed by atoms with Crippen molar-refractivity contribution in [2.45, 2.75) is 25.0 Å². The standard InChI is InChI=1S/C18H20BrNO/c19-17-9-7-16(8-10-17)18(21)11-4-12-20(14-18)13-15-5-2-1-3-6-15/h1-3,5-10,21H,4,11-14H2. The number of β-amino-alcohol motifs (C(OH)–C–C–N with tert-alkyl or cyclic N) is 1. The fourth-order valence-electron chi connectivity index (χ4n) is 3.10. The minimum atomic E-state index is -0.728. The molecule has 1 unspecified atom stereocenters. The summed E-state index contributed by atoms with van der Waals surface area (Å²) in [6.45, 7) is 2.65. The van der Waals surface area contributed by atoms with Crippen LogP contribution in [0, 0.1) is 0 Å². The molecule has 1 heterocycles. The number of nitrogens with zero attached hydrogens (tertiary/aromatic N) is 1. The maximum absolute atomic E-state index is 11.0. The van der Waals surface area contributed by atoms with E-state index in [1.54, 1.807) is 0 Å². The van der Waals surface area contributed by atoms with Gasteiger partial charge in [-0.15, -0.1) is 0 Å². The van der Waals surface area contributed by atoms with Gasteiger partial charge in [-0.2, -0.15) is 0 Å². The lowest BCUT2D eigenvalue weighted by atomic mass is 9.85. The lowest BCUT2D eigenvalue weighted by Gasteiger charge is -2.39. The van der Waals surface area contributed by atoms with Crippen molar-refractivity contribution in [1.29, 1.82) is 0 Å². The zero-order valence-corrected chi connectivity index (χ0v) is 13.6. The van der Waals surface area contributed by atoms with Crippen molar-refractivity contribution in [1.82, 2.24) is 4.90 Å². The summed E-state index contributed by atoms with van der Waals surface area (Å²) in [6, 6.07) is 18.5. The SMILES string of the molecule is OC1(c2ccc(Br)cc2)CCCN(Cc2ccccc2)C1. The highest BCUT2D eigenvalue weighted by Gasteiger charge is 2.34. The van der Waals surface area contributed by atoms with Gasteiger partial charge in [-0.3, -0.25) is 4.90 Å². The van der Waals surface area contributed by atoms with Crippen LogP contribution in [0.4, 0.5) is 0 Å². The molecule has 1 N–H and O–H groups in total. The van der Waals surface area contributed by atoms with Gasteiger partial charge in [0.2, 0.25) is 0 Å². The highest BCUT2D eigenvalue weighted by atomic mass is 79.9. The minimum Gasteiger partial charge on any atom is -0.384 e. The topological polar surface area (TPSA) is 23.5 Å². The van der Waals surface area contributed by atoms with Crippen LogP contribution in [0.15, 0.2) is 59.1 Å². The van der Waals surface area contributed by atoms with Gasteiger partial charge in [-0.05, 0) is 42.6 Å². The summed E-state index contributed by atoms with van der Waals surface area (Å²) in [5, 5.41) is 11.0. The molecule has 0 spiro atoms. The maximum Gasteiger partial charge on any atom is 0.102 e. The molecule has 1 aliphatic rings. The second kappa shape index (κ2) is 6.30. The predicted molar refractivity (Wildman–Crippen MR) is 89.0 cm³/mol. The van der Waals surface area contributed by atoms with E-state index in [-0.39, 0.29) is 0 Å². The minimum absolute atomic E-state index is 0.698. The predicted octanol–water partition coefficient (Wildman–Crippen LogP) is 3.93. The van der Waals surface area contributed by atoms with Crippen LogP contribution < -0.4 is 0 Å². The summed E-state index contributed by atoms with van der Waals surface area (Å²) in [4.78, 5) is 2.35. The second-order valence-corrected chi connectivity index (χ2v) is 6.75. The Bertz CT molecular complexity index is 584. The van der Waals surface area contributed by atoms with Gasteiger partial charge in [0.25, 0.3) is 0 Å². The third-order valence-corrected chi connectivity index (χ3v) is 4.71. The molecule has 1 atom stereocenters. The molecule has 21 heavy (non-hydrogen) atoms. The molecule has 3 rings (SSSR count). The van der Waals surface area contributed by atoms with E-state index in [2.05, 4.69) is 45.1 Å². The van der Waals surface area contributed by atoms with E-state index >= 15 is 0 Å². The number of likely N-dealkylation sites (tertiary alicyclic amines) is 1.